The number of ketones is 1. The van der Waals surface area contributed by atoms with Gasteiger partial charge >= 0.3 is 12.1 Å². The molecule has 0 aromatic heterocycles. The average molecular weight is 642 g/mol. The van der Waals surface area contributed by atoms with Gasteiger partial charge in [0.05, 0.1) is 30.5 Å². The van der Waals surface area contributed by atoms with Gasteiger partial charge in [0.2, 0.25) is 0 Å². The number of carbonyl (C=O) groups is 3. The Morgan fingerprint density at radius 1 is 1.11 bits per heavy atom. The molecule has 45 heavy (non-hydrogen) atoms. The van der Waals surface area contributed by atoms with Gasteiger partial charge in [-0.25, -0.2) is 4.79 Å². The lowest BCUT2D eigenvalue weighted by molar-refractivity contribution is -0.304. The summed E-state index contributed by atoms with van der Waals surface area (Å²) in [6.07, 6.45) is -3.78. The fourth-order valence-electron chi connectivity index (χ4n) is 7.89. The van der Waals surface area contributed by atoms with Crippen LogP contribution in [0.3, 0.4) is 0 Å². The Balaban J connectivity index is 1.76. The lowest BCUT2D eigenvalue weighted by atomic mass is 9.70. The lowest BCUT2D eigenvalue weighted by Gasteiger charge is -2.49. The van der Waals surface area contributed by atoms with Crippen molar-refractivity contribution in [2.45, 2.75) is 134 Å². The predicted octanol–water partition coefficient (Wildman–Crippen LogP) is 1.37. The quantitative estimate of drug-likeness (QED) is 0.252. The number of aliphatic hydroxyl groups excluding tert-OH is 2. The monoisotopic (exact) mass is 641 g/mol. The molecule has 5 fully saturated rings. The number of nitrogens with zero attached hydrogens (tertiary/aromatic N) is 1. The standard InChI is InChI=1S/C32H55N3O10/c1-10-22-32(7)24(34-29(40)45-32)19(4)33-15-17(2)14-31(6)26(18(3)25(38)30(5,11-12-41-31)28(39)43-22)44-27-23(37)21(35(8)9)13-20(16-36)42-27/h17-24,26-27,33,36-37H,10-16H2,1-9H3,(H,34,40)/t17-,18+,19-,20+,21+,22-,23-,24-,26-,27+,30-,31+,32-/m1/s1. The van der Waals surface area contributed by atoms with E-state index in [1.54, 1.807) is 20.8 Å². The van der Waals surface area contributed by atoms with Crippen LogP contribution in [0.2, 0.25) is 0 Å². The number of aliphatic hydroxyl groups is 2. The number of nitrogens with one attached hydrogen (secondary N) is 2. The van der Waals surface area contributed by atoms with Crippen LogP contribution in [0, 0.1) is 17.3 Å². The number of hydrogen-bond donors (Lipinski definition) is 4. The molecule has 5 aliphatic rings. The highest BCUT2D eigenvalue weighted by molar-refractivity contribution is 6.04. The van der Waals surface area contributed by atoms with Crippen LogP contribution in [0.15, 0.2) is 0 Å². The molecular formula is C32H55N3O10. The summed E-state index contributed by atoms with van der Waals surface area (Å²) in [6, 6.07) is -1.10. The molecule has 13 heteroatoms. The summed E-state index contributed by atoms with van der Waals surface area (Å²) < 4.78 is 31.1. The molecule has 13 nitrogen and oxygen atoms in total. The van der Waals surface area contributed by atoms with Gasteiger partial charge in [0, 0.05) is 24.6 Å². The van der Waals surface area contributed by atoms with Crippen LogP contribution in [0.1, 0.15) is 74.1 Å². The summed E-state index contributed by atoms with van der Waals surface area (Å²) in [6.45, 7) is 13.2. The molecule has 258 valence electrons. The summed E-state index contributed by atoms with van der Waals surface area (Å²) in [5.41, 5.74) is -3.78. The van der Waals surface area contributed by atoms with E-state index in [2.05, 4.69) is 17.6 Å². The van der Waals surface area contributed by atoms with E-state index in [4.69, 9.17) is 23.7 Å². The summed E-state index contributed by atoms with van der Waals surface area (Å²) >= 11 is 0. The molecule has 0 saturated carbocycles. The second-order valence-corrected chi connectivity index (χ2v) is 14.5. The third-order valence-corrected chi connectivity index (χ3v) is 10.7. The molecule has 0 aromatic rings. The second kappa shape index (κ2) is 13.7. The van der Waals surface area contributed by atoms with Gasteiger partial charge in [-0.15, -0.1) is 0 Å². The number of hydrogen-bond acceptors (Lipinski definition) is 12. The number of amides is 1. The van der Waals surface area contributed by atoms with Gasteiger partial charge in [0.1, 0.15) is 17.6 Å². The number of likely N-dealkylation sites (N-methyl/N-ethyl adjacent to an activating group) is 1. The van der Waals surface area contributed by atoms with Gasteiger partial charge in [-0.2, -0.15) is 0 Å². The molecule has 0 radical (unpaired) electrons. The number of Topliss-reactive ketones (excluding diaryl/α,β-unsaturated/α-hetero) is 1. The van der Waals surface area contributed by atoms with Crippen molar-refractivity contribution >= 4 is 17.8 Å². The fourth-order valence-corrected chi connectivity index (χ4v) is 7.89. The maximum atomic E-state index is 14.5. The Morgan fingerprint density at radius 3 is 2.42 bits per heavy atom. The third-order valence-electron chi connectivity index (χ3n) is 10.7. The van der Waals surface area contributed by atoms with Crippen LogP contribution in [0.25, 0.3) is 0 Å². The molecule has 0 spiro atoms. The molecule has 0 unspecified atom stereocenters. The first-order valence-corrected chi connectivity index (χ1v) is 16.4. The Morgan fingerprint density at radius 2 is 1.80 bits per heavy atom. The van der Waals surface area contributed by atoms with E-state index in [1.807, 2.05) is 39.8 Å². The van der Waals surface area contributed by atoms with E-state index in [0.717, 1.165) is 0 Å². The first-order chi connectivity index (χ1) is 21.0. The van der Waals surface area contributed by atoms with Gasteiger partial charge in [-0.05, 0) is 79.9 Å². The zero-order chi connectivity index (χ0) is 33.5. The first-order valence-electron chi connectivity index (χ1n) is 16.4. The minimum absolute atomic E-state index is 0.0165. The number of ether oxygens (including phenoxy) is 5. The lowest BCUT2D eigenvalue weighted by Crippen LogP contribution is -2.61. The zero-order valence-corrected chi connectivity index (χ0v) is 28.3. The Kier molecular flexibility index (Phi) is 11.0. The highest BCUT2D eigenvalue weighted by Gasteiger charge is 2.58. The van der Waals surface area contributed by atoms with Crippen molar-refractivity contribution in [2.75, 3.05) is 33.9 Å². The van der Waals surface area contributed by atoms with Crippen LogP contribution in [-0.2, 0) is 33.3 Å². The maximum Gasteiger partial charge on any atom is 0.408 e. The number of alkyl carbamates (subject to hydrolysis) is 1. The third kappa shape index (κ3) is 6.90. The van der Waals surface area contributed by atoms with Crippen molar-refractivity contribution in [1.29, 1.82) is 0 Å². The van der Waals surface area contributed by atoms with E-state index >= 15 is 0 Å². The number of rotatable bonds is 5. The van der Waals surface area contributed by atoms with Gasteiger partial charge < -0.3 is 49.4 Å². The fraction of sp³-hybridized carbons (Fsp3) is 0.906. The average Bonchev–Trinajstić information content (AvgIpc) is 3.30. The minimum Gasteiger partial charge on any atom is -0.457 e. The number of carbonyl (C=O) groups excluding carboxylic acids is 3. The summed E-state index contributed by atoms with van der Waals surface area (Å²) in [4.78, 5) is 42.9. The van der Waals surface area contributed by atoms with E-state index in [1.165, 1.54) is 0 Å². The van der Waals surface area contributed by atoms with Crippen molar-refractivity contribution in [2.24, 2.45) is 17.3 Å². The highest BCUT2D eigenvalue weighted by atomic mass is 16.7. The predicted molar refractivity (Wildman–Crippen MR) is 163 cm³/mol. The van der Waals surface area contributed by atoms with E-state index in [0.29, 0.717) is 25.8 Å². The molecule has 13 atom stereocenters. The van der Waals surface area contributed by atoms with Crippen LogP contribution in [-0.4, -0.2) is 127 Å². The van der Waals surface area contributed by atoms with Gasteiger partial charge in [0.15, 0.2) is 17.7 Å². The van der Waals surface area contributed by atoms with Crippen LogP contribution >= 0.6 is 0 Å². The first kappa shape index (κ1) is 36.0. The van der Waals surface area contributed by atoms with Gasteiger partial charge in [-0.3, -0.25) is 9.59 Å². The Labute approximate surface area is 267 Å². The van der Waals surface area contributed by atoms with Crippen LogP contribution in [0.4, 0.5) is 4.79 Å². The van der Waals surface area contributed by atoms with E-state index in [9.17, 15) is 24.6 Å². The molecule has 4 N–H and O–H groups in total. The molecule has 0 aromatic carbocycles. The molecule has 5 rings (SSSR count). The van der Waals surface area contributed by atoms with Crippen molar-refractivity contribution in [3.63, 3.8) is 0 Å². The van der Waals surface area contributed by atoms with Crippen molar-refractivity contribution in [1.82, 2.24) is 15.5 Å². The molecular weight excluding hydrogens is 586 g/mol. The largest absolute Gasteiger partial charge is 0.457 e. The zero-order valence-electron chi connectivity index (χ0n) is 28.3. The molecule has 0 aliphatic carbocycles. The molecule has 5 aliphatic heterocycles. The minimum atomic E-state index is -1.58. The highest BCUT2D eigenvalue weighted by Crippen LogP contribution is 2.43. The summed E-state index contributed by atoms with van der Waals surface area (Å²) in [5.74, 6) is -1.93. The van der Waals surface area contributed by atoms with E-state index < -0.39 is 71.3 Å². The van der Waals surface area contributed by atoms with E-state index in [-0.39, 0.29) is 43.4 Å². The maximum absolute atomic E-state index is 14.5. The normalized spacial score (nSPS) is 46.8. The number of fused-ring (bicyclic) bond motifs is 10. The van der Waals surface area contributed by atoms with Gasteiger partial charge in [-0.1, -0.05) is 20.8 Å². The second-order valence-electron chi connectivity index (χ2n) is 14.5. The SMILES string of the molecule is CC[C@H]1OC(=O)[C@]2(C)CCO[C@@](C)(C[C@@H](C)CN[C@H](C)[C@H]3NC(=O)O[C@@]31C)[C@H](O[C@@H]1O[C@H](CO)C[C@H](N(C)C)[C@H]1O)[C@@H](C)C2=O. The Hall–Kier alpha value is -1.87. The molecule has 5 saturated heterocycles. The molecule has 5 heterocycles. The van der Waals surface area contributed by atoms with Crippen LogP contribution in [0.5, 0.6) is 0 Å². The smallest absolute Gasteiger partial charge is 0.408 e. The molecule has 1 amide bonds. The van der Waals surface area contributed by atoms with Crippen molar-refractivity contribution < 1.29 is 48.3 Å². The van der Waals surface area contributed by atoms with Crippen LogP contribution < -0.4 is 10.6 Å². The van der Waals surface area contributed by atoms with Crippen molar-refractivity contribution in [3.05, 3.63) is 0 Å². The topological polar surface area (TPSA) is 165 Å². The van der Waals surface area contributed by atoms with Crippen molar-refractivity contribution in [3.8, 4) is 0 Å². The van der Waals surface area contributed by atoms with Gasteiger partial charge in [0.25, 0.3) is 0 Å². The Bertz CT molecular complexity index is 1090. The number of esters is 1. The summed E-state index contributed by atoms with van der Waals surface area (Å²) in [5, 5.41) is 27.7. The molecule has 2 bridgehead atoms. The summed E-state index contributed by atoms with van der Waals surface area (Å²) in [7, 11) is 3.68.